The van der Waals surface area contributed by atoms with Gasteiger partial charge in [0.1, 0.15) is 11.0 Å². The molecule has 2 heterocycles. The number of nitrogens with one attached hydrogen (secondary N) is 1. The molecule has 2 rings (SSSR count). The smallest absolute Gasteiger partial charge is 0.365 e. The Morgan fingerprint density at radius 3 is 2.72 bits per heavy atom. The third-order valence-corrected chi connectivity index (χ3v) is 3.02. The number of pyridine rings is 1. The van der Waals surface area contributed by atoms with E-state index in [-0.39, 0.29) is 11.0 Å². The Bertz CT molecular complexity index is 528. The van der Waals surface area contributed by atoms with E-state index in [1.807, 2.05) is 0 Å². The van der Waals surface area contributed by atoms with Crippen LogP contribution < -0.4 is 5.32 Å². The molecule has 0 saturated carbocycles. The van der Waals surface area contributed by atoms with E-state index in [0.717, 1.165) is 17.0 Å². The molecule has 0 radical (unpaired) electrons. The quantitative estimate of drug-likeness (QED) is 0.874. The van der Waals surface area contributed by atoms with E-state index >= 15 is 0 Å². The molecule has 0 amide bonds. The zero-order valence-electron chi connectivity index (χ0n) is 8.83. The van der Waals surface area contributed by atoms with Crippen molar-refractivity contribution in [2.45, 2.75) is 12.7 Å². The maximum atomic E-state index is 12.5. The van der Waals surface area contributed by atoms with Gasteiger partial charge in [0.2, 0.25) is 0 Å². The first-order valence-electron chi connectivity index (χ1n) is 4.81. The number of thiazole rings is 1. The monoisotopic (exact) mass is 293 g/mol. The minimum Gasteiger partial charge on any atom is -0.365 e. The third kappa shape index (κ3) is 3.33. The lowest BCUT2D eigenvalue weighted by Crippen LogP contribution is -2.08. The van der Waals surface area contributed by atoms with Gasteiger partial charge in [0.15, 0.2) is 0 Å². The molecule has 0 bridgehead atoms. The Labute approximate surface area is 110 Å². The molecule has 2 aromatic rings. The molecule has 2 aromatic heterocycles. The van der Waals surface area contributed by atoms with Crippen molar-refractivity contribution in [2.24, 2.45) is 0 Å². The highest BCUT2D eigenvalue weighted by Gasteiger charge is 2.31. The van der Waals surface area contributed by atoms with Crippen LogP contribution in [0.5, 0.6) is 0 Å². The van der Waals surface area contributed by atoms with Gasteiger partial charge in [-0.15, -0.1) is 11.3 Å². The summed E-state index contributed by atoms with van der Waals surface area (Å²) >= 11 is 6.96. The number of halogens is 4. The van der Waals surface area contributed by atoms with Crippen LogP contribution in [0, 0.1) is 0 Å². The number of rotatable bonds is 3. The van der Waals surface area contributed by atoms with Gasteiger partial charge in [-0.05, 0) is 12.1 Å². The highest BCUT2D eigenvalue weighted by molar-refractivity contribution is 7.09. The molecule has 0 saturated heterocycles. The summed E-state index contributed by atoms with van der Waals surface area (Å²) in [5.41, 5.74) is 0.818. The van der Waals surface area contributed by atoms with Crippen molar-refractivity contribution in [3.8, 4) is 0 Å². The van der Waals surface area contributed by atoms with E-state index in [9.17, 15) is 13.2 Å². The van der Waals surface area contributed by atoms with E-state index < -0.39 is 11.7 Å². The third-order valence-electron chi connectivity index (χ3n) is 2.05. The van der Waals surface area contributed by atoms with E-state index in [0.29, 0.717) is 6.54 Å². The van der Waals surface area contributed by atoms with Crippen molar-refractivity contribution < 1.29 is 13.2 Å². The molecule has 8 heteroatoms. The number of nitrogens with zero attached hydrogens (tertiary/aromatic N) is 2. The topological polar surface area (TPSA) is 37.8 Å². The molecule has 0 atom stereocenters. The van der Waals surface area contributed by atoms with Gasteiger partial charge >= 0.3 is 6.18 Å². The van der Waals surface area contributed by atoms with Crippen molar-refractivity contribution in [1.29, 1.82) is 0 Å². The predicted octanol–water partition coefficient (Wildman–Crippen LogP) is 3.82. The highest BCUT2D eigenvalue weighted by atomic mass is 35.5. The second-order valence-electron chi connectivity index (χ2n) is 3.38. The fraction of sp³-hybridized carbons (Fsp3) is 0.200. The average molecular weight is 294 g/mol. The molecular weight excluding hydrogens is 287 g/mol. The van der Waals surface area contributed by atoms with Gasteiger partial charge in [-0.1, -0.05) is 11.6 Å². The summed E-state index contributed by atoms with van der Waals surface area (Å²) in [5, 5.41) is 2.58. The molecule has 0 spiro atoms. The fourth-order valence-electron chi connectivity index (χ4n) is 1.26. The van der Waals surface area contributed by atoms with Crippen LogP contribution in [-0.2, 0) is 12.7 Å². The van der Waals surface area contributed by atoms with Crippen molar-refractivity contribution >= 4 is 28.8 Å². The minimum atomic E-state index is -4.44. The summed E-state index contributed by atoms with van der Waals surface area (Å²) in [4.78, 5) is 8.54. The molecule has 96 valence electrons. The van der Waals surface area contributed by atoms with Gasteiger partial charge in [0, 0.05) is 11.1 Å². The molecular formula is C10H7ClF3N3S. The zero-order valence-corrected chi connectivity index (χ0v) is 10.4. The maximum absolute atomic E-state index is 12.5. The minimum absolute atomic E-state index is 0.0863. The lowest BCUT2D eigenvalue weighted by atomic mass is 10.2. The van der Waals surface area contributed by atoms with Gasteiger partial charge in [-0.2, -0.15) is 13.2 Å². The van der Waals surface area contributed by atoms with Crippen molar-refractivity contribution in [2.75, 3.05) is 5.32 Å². The molecule has 3 nitrogen and oxygen atoms in total. The van der Waals surface area contributed by atoms with Crippen LogP contribution in [0.25, 0.3) is 0 Å². The van der Waals surface area contributed by atoms with Gasteiger partial charge in [-0.3, -0.25) is 4.98 Å². The molecule has 0 aliphatic carbocycles. The van der Waals surface area contributed by atoms with E-state index in [1.54, 1.807) is 11.7 Å². The first-order chi connectivity index (χ1) is 8.45. The van der Waals surface area contributed by atoms with Crippen LogP contribution >= 0.6 is 22.9 Å². The van der Waals surface area contributed by atoms with Crippen molar-refractivity contribution in [1.82, 2.24) is 9.97 Å². The number of hydrogen-bond acceptors (Lipinski definition) is 4. The van der Waals surface area contributed by atoms with Gasteiger partial charge in [0.25, 0.3) is 0 Å². The Kier molecular flexibility index (Phi) is 3.72. The molecule has 18 heavy (non-hydrogen) atoms. The lowest BCUT2D eigenvalue weighted by molar-refractivity contribution is -0.137. The molecule has 0 aromatic carbocycles. The summed E-state index contributed by atoms with van der Waals surface area (Å²) in [6.45, 7) is 0.356. The van der Waals surface area contributed by atoms with Gasteiger partial charge in [0.05, 0.1) is 17.6 Å². The Balaban J connectivity index is 2.15. The summed E-state index contributed by atoms with van der Waals surface area (Å²) in [6.07, 6.45) is -2.81. The fourth-order valence-corrected chi connectivity index (χ4v) is 2.00. The predicted molar refractivity (Wildman–Crippen MR) is 63.7 cm³/mol. The van der Waals surface area contributed by atoms with Crippen LogP contribution in [0.2, 0.25) is 5.15 Å². The number of aromatic nitrogens is 2. The SMILES string of the molecule is FC(F)(F)c1cc(Cl)nc(NCc2cncs2)c1. The number of alkyl halides is 3. The van der Waals surface area contributed by atoms with Gasteiger partial charge in [-0.25, -0.2) is 4.98 Å². The summed E-state index contributed by atoms with van der Waals surface area (Å²) in [6, 6.07) is 1.71. The van der Waals surface area contributed by atoms with Crippen molar-refractivity contribution in [3.63, 3.8) is 0 Å². The van der Waals surface area contributed by atoms with Crippen LogP contribution in [0.3, 0.4) is 0 Å². The first kappa shape index (κ1) is 13.1. The van der Waals surface area contributed by atoms with Crippen molar-refractivity contribution in [3.05, 3.63) is 39.4 Å². The standard InChI is InChI=1S/C10H7ClF3N3S/c11-8-1-6(10(12,13)14)2-9(17-8)16-4-7-3-15-5-18-7/h1-3,5H,4H2,(H,16,17). The summed E-state index contributed by atoms with van der Waals surface area (Å²) in [7, 11) is 0. The molecule has 1 N–H and O–H groups in total. The highest BCUT2D eigenvalue weighted by Crippen LogP contribution is 2.32. The second kappa shape index (κ2) is 5.11. The lowest BCUT2D eigenvalue weighted by Gasteiger charge is -2.10. The van der Waals surface area contributed by atoms with E-state index in [4.69, 9.17) is 11.6 Å². The first-order valence-corrected chi connectivity index (χ1v) is 6.07. The van der Waals surface area contributed by atoms with E-state index in [2.05, 4.69) is 15.3 Å². The Morgan fingerprint density at radius 1 is 1.33 bits per heavy atom. The molecule has 0 unspecified atom stereocenters. The maximum Gasteiger partial charge on any atom is 0.416 e. The van der Waals surface area contributed by atoms with Gasteiger partial charge < -0.3 is 5.32 Å². The summed E-state index contributed by atoms with van der Waals surface area (Å²) in [5.74, 6) is 0.0863. The number of hydrogen-bond donors (Lipinski definition) is 1. The Morgan fingerprint density at radius 2 is 2.11 bits per heavy atom. The largest absolute Gasteiger partial charge is 0.416 e. The normalized spacial score (nSPS) is 11.6. The zero-order chi connectivity index (χ0) is 13.2. The summed E-state index contributed by atoms with van der Waals surface area (Å²) < 4.78 is 37.6. The Hall–Kier alpha value is -1.34. The molecule has 0 fully saturated rings. The van der Waals surface area contributed by atoms with Crippen LogP contribution in [0.1, 0.15) is 10.4 Å². The second-order valence-corrected chi connectivity index (χ2v) is 4.74. The number of anilines is 1. The van der Waals surface area contributed by atoms with Crippen LogP contribution in [0.15, 0.2) is 23.8 Å². The van der Waals surface area contributed by atoms with E-state index in [1.165, 1.54) is 11.3 Å². The molecule has 0 aliphatic rings. The average Bonchev–Trinajstić information content (AvgIpc) is 2.77. The van der Waals surface area contributed by atoms with Crippen LogP contribution in [0.4, 0.5) is 19.0 Å². The van der Waals surface area contributed by atoms with Crippen LogP contribution in [-0.4, -0.2) is 9.97 Å². The molecule has 0 aliphatic heterocycles.